The van der Waals surface area contributed by atoms with Crippen LogP contribution in [-0.2, 0) is 0 Å². The zero-order chi connectivity index (χ0) is 13.0. The van der Waals surface area contributed by atoms with Crippen molar-refractivity contribution in [3.63, 3.8) is 0 Å². The van der Waals surface area contributed by atoms with Crippen LogP contribution in [-0.4, -0.2) is 29.3 Å². The normalized spacial score (nSPS) is 10.6. The minimum atomic E-state index is 0.0987. The second-order valence-electron chi connectivity index (χ2n) is 4.01. The minimum absolute atomic E-state index is 0.0987. The summed E-state index contributed by atoms with van der Waals surface area (Å²) in [6.45, 7) is 4.80. The summed E-state index contributed by atoms with van der Waals surface area (Å²) in [6, 6.07) is 6.09. The summed E-state index contributed by atoms with van der Waals surface area (Å²) in [5, 5.41) is 9.13. The molecule has 3 N–H and O–H groups in total. The van der Waals surface area contributed by atoms with Crippen LogP contribution in [0.3, 0.4) is 0 Å². The summed E-state index contributed by atoms with van der Waals surface area (Å²) in [6.07, 6.45) is 0. The Hall–Kier alpha value is -0.650. The van der Waals surface area contributed by atoms with E-state index in [9.17, 15) is 0 Å². The van der Waals surface area contributed by atoms with E-state index in [-0.39, 0.29) is 12.6 Å². The largest absolute Gasteiger partial charge is 0.395 e. The molecule has 0 aliphatic rings. The molecule has 0 heterocycles. The number of nitrogens with two attached hydrogens (primary N) is 1. The van der Waals surface area contributed by atoms with Crippen molar-refractivity contribution in [2.24, 2.45) is 5.73 Å². The summed E-state index contributed by atoms with van der Waals surface area (Å²) in [5.74, 6) is 0. The van der Waals surface area contributed by atoms with Crippen LogP contribution in [0.1, 0.15) is 19.4 Å². The van der Waals surface area contributed by atoms with Crippen molar-refractivity contribution < 1.29 is 5.11 Å². The van der Waals surface area contributed by atoms with E-state index in [2.05, 4.69) is 34.7 Å². The fourth-order valence-electron chi connectivity index (χ4n) is 1.76. The van der Waals surface area contributed by atoms with Crippen LogP contribution in [0.15, 0.2) is 22.7 Å². The first kappa shape index (κ1) is 14.4. The van der Waals surface area contributed by atoms with E-state index in [0.717, 1.165) is 15.7 Å². The summed E-state index contributed by atoms with van der Waals surface area (Å²) >= 11 is 8.55. The highest BCUT2D eigenvalue weighted by Crippen LogP contribution is 2.28. The van der Waals surface area contributed by atoms with Crippen molar-refractivity contribution in [3.8, 4) is 0 Å². The van der Waals surface area contributed by atoms with Crippen LogP contribution >= 0.6 is 28.1 Å². The van der Waals surface area contributed by atoms with Crippen LogP contribution < -0.4 is 10.6 Å². The molecule has 17 heavy (non-hydrogen) atoms. The zero-order valence-corrected chi connectivity index (χ0v) is 12.4. The Bertz CT molecular complexity index is 409. The number of hydrogen-bond donors (Lipinski definition) is 2. The maximum absolute atomic E-state index is 9.13. The number of thiocarbonyl (C=S) groups is 1. The van der Waals surface area contributed by atoms with E-state index in [1.54, 1.807) is 0 Å². The second kappa shape index (κ2) is 6.33. The fraction of sp³-hybridized carbons (Fsp3) is 0.417. The predicted molar refractivity (Wildman–Crippen MR) is 79.6 cm³/mol. The van der Waals surface area contributed by atoms with Gasteiger partial charge in [-0.2, -0.15) is 0 Å². The molecule has 0 saturated heterocycles. The standard InChI is InChI=1S/C12H17BrN2OS/c1-8(2)15(6-7-16)10-5-3-4-9(13)11(10)12(14)17/h3-5,8,16H,6-7H2,1-2H3,(H2,14,17). The molecule has 1 rings (SSSR count). The first-order valence-electron chi connectivity index (χ1n) is 5.44. The van der Waals surface area contributed by atoms with Gasteiger partial charge in [0.05, 0.1) is 6.61 Å². The van der Waals surface area contributed by atoms with E-state index in [0.29, 0.717) is 11.5 Å². The molecule has 0 aliphatic heterocycles. The number of halogens is 1. The van der Waals surface area contributed by atoms with Gasteiger partial charge < -0.3 is 15.7 Å². The highest BCUT2D eigenvalue weighted by atomic mass is 79.9. The van der Waals surface area contributed by atoms with Gasteiger partial charge in [0.2, 0.25) is 0 Å². The third kappa shape index (κ3) is 3.40. The molecule has 3 nitrogen and oxygen atoms in total. The average Bonchev–Trinajstić information content (AvgIpc) is 2.24. The van der Waals surface area contributed by atoms with Crippen LogP contribution in [0, 0.1) is 0 Å². The van der Waals surface area contributed by atoms with E-state index >= 15 is 0 Å². The zero-order valence-electron chi connectivity index (χ0n) is 9.98. The first-order valence-corrected chi connectivity index (χ1v) is 6.65. The Morgan fingerprint density at radius 1 is 1.53 bits per heavy atom. The van der Waals surface area contributed by atoms with Gasteiger partial charge in [0.15, 0.2) is 0 Å². The molecule has 0 aliphatic carbocycles. The van der Waals surface area contributed by atoms with Gasteiger partial charge in [0.25, 0.3) is 0 Å². The van der Waals surface area contributed by atoms with Gasteiger partial charge in [-0.05, 0) is 41.9 Å². The lowest BCUT2D eigenvalue weighted by Crippen LogP contribution is -2.35. The summed E-state index contributed by atoms with van der Waals surface area (Å²) in [5.41, 5.74) is 7.54. The monoisotopic (exact) mass is 316 g/mol. The van der Waals surface area contributed by atoms with Crippen LogP contribution in [0.2, 0.25) is 0 Å². The first-order chi connectivity index (χ1) is 7.99. The summed E-state index contributed by atoms with van der Waals surface area (Å²) in [4.78, 5) is 2.44. The third-order valence-corrected chi connectivity index (χ3v) is 3.38. The molecule has 94 valence electrons. The van der Waals surface area contributed by atoms with Gasteiger partial charge in [0, 0.05) is 28.3 Å². The third-order valence-electron chi connectivity index (χ3n) is 2.51. The van der Waals surface area contributed by atoms with Gasteiger partial charge in [-0.3, -0.25) is 0 Å². The minimum Gasteiger partial charge on any atom is -0.395 e. The number of hydrogen-bond acceptors (Lipinski definition) is 3. The molecule has 0 saturated carbocycles. The molecule has 0 spiro atoms. The second-order valence-corrected chi connectivity index (χ2v) is 5.30. The van der Waals surface area contributed by atoms with Crippen LogP contribution in [0.25, 0.3) is 0 Å². The van der Waals surface area contributed by atoms with Crippen molar-refractivity contribution in [3.05, 3.63) is 28.2 Å². The lowest BCUT2D eigenvalue weighted by atomic mass is 10.1. The number of aliphatic hydroxyl groups is 1. The maximum Gasteiger partial charge on any atom is 0.107 e. The van der Waals surface area contributed by atoms with Gasteiger partial charge >= 0.3 is 0 Å². The highest BCUT2D eigenvalue weighted by Gasteiger charge is 2.17. The number of nitrogens with zero attached hydrogens (tertiary/aromatic N) is 1. The molecular weight excluding hydrogens is 300 g/mol. The van der Waals surface area contributed by atoms with Crippen molar-refractivity contribution in [2.75, 3.05) is 18.1 Å². The topological polar surface area (TPSA) is 49.5 Å². The molecule has 5 heteroatoms. The number of rotatable bonds is 5. The molecule has 0 atom stereocenters. The van der Waals surface area contributed by atoms with Gasteiger partial charge in [-0.1, -0.05) is 18.3 Å². The molecule has 0 bridgehead atoms. The van der Waals surface area contributed by atoms with Crippen LogP contribution in [0.5, 0.6) is 0 Å². The van der Waals surface area contributed by atoms with Crippen molar-refractivity contribution in [1.29, 1.82) is 0 Å². The van der Waals surface area contributed by atoms with E-state index in [1.165, 1.54) is 0 Å². The van der Waals surface area contributed by atoms with E-state index < -0.39 is 0 Å². The van der Waals surface area contributed by atoms with Crippen LogP contribution in [0.4, 0.5) is 5.69 Å². The number of aliphatic hydroxyl groups excluding tert-OH is 1. The van der Waals surface area contributed by atoms with Crippen molar-refractivity contribution in [2.45, 2.75) is 19.9 Å². The summed E-state index contributed by atoms with van der Waals surface area (Å²) < 4.78 is 0.881. The Kier molecular flexibility index (Phi) is 5.36. The van der Waals surface area contributed by atoms with Crippen molar-refractivity contribution >= 4 is 38.8 Å². The molecule has 0 amide bonds. The Morgan fingerprint density at radius 2 is 2.18 bits per heavy atom. The molecule has 1 aromatic rings. The number of benzene rings is 1. The fourth-order valence-corrected chi connectivity index (χ4v) is 2.68. The SMILES string of the molecule is CC(C)N(CCO)c1cccc(Br)c1C(N)=S. The van der Waals surface area contributed by atoms with E-state index in [1.807, 2.05) is 18.2 Å². The Balaban J connectivity index is 3.27. The van der Waals surface area contributed by atoms with Gasteiger partial charge in [-0.15, -0.1) is 0 Å². The van der Waals surface area contributed by atoms with Crippen molar-refractivity contribution in [1.82, 2.24) is 0 Å². The molecule has 0 unspecified atom stereocenters. The molecule has 0 aromatic heterocycles. The molecule has 0 fully saturated rings. The molecule has 0 radical (unpaired) electrons. The summed E-state index contributed by atoms with van der Waals surface area (Å²) in [7, 11) is 0. The van der Waals surface area contributed by atoms with E-state index in [4.69, 9.17) is 23.1 Å². The lowest BCUT2D eigenvalue weighted by molar-refractivity contribution is 0.299. The molecule has 1 aromatic carbocycles. The highest BCUT2D eigenvalue weighted by molar-refractivity contribution is 9.10. The quantitative estimate of drug-likeness (QED) is 0.818. The van der Waals surface area contributed by atoms with Gasteiger partial charge in [0.1, 0.15) is 4.99 Å². The smallest absolute Gasteiger partial charge is 0.107 e. The predicted octanol–water partition coefficient (Wildman–Crippen LogP) is 2.29. The number of anilines is 1. The average molecular weight is 317 g/mol. The Labute approximate surface area is 116 Å². The van der Waals surface area contributed by atoms with Gasteiger partial charge in [-0.25, -0.2) is 0 Å². The molecular formula is C12H17BrN2OS. The maximum atomic E-state index is 9.13. The Morgan fingerprint density at radius 3 is 2.65 bits per heavy atom. The lowest BCUT2D eigenvalue weighted by Gasteiger charge is -2.30.